The molecule has 7 nitrogen and oxygen atoms in total. The topological polar surface area (TPSA) is 72.1 Å². The lowest BCUT2D eigenvalue weighted by Gasteiger charge is -2.28. The number of aromatic nitrogens is 3. The van der Waals surface area contributed by atoms with Crippen LogP contribution in [0.2, 0.25) is 11.8 Å². The summed E-state index contributed by atoms with van der Waals surface area (Å²) in [4.78, 5) is 10.9. The Hall–Kier alpha value is -2.49. The summed E-state index contributed by atoms with van der Waals surface area (Å²) in [6.45, 7) is 3.61. The summed E-state index contributed by atoms with van der Waals surface area (Å²) < 4.78 is 13.6. The highest BCUT2D eigenvalue weighted by Crippen LogP contribution is 2.40. The van der Waals surface area contributed by atoms with Crippen LogP contribution in [0.1, 0.15) is 5.56 Å². The predicted molar refractivity (Wildman–Crippen MR) is 123 cm³/mol. The number of benzene rings is 2. The van der Waals surface area contributed by atoms with Gasteiger partial charge in [-0.25, -0.2) is 9.97 Å². The number of hydrogen-bond acceptors (Lipinski definition) is 6. The average Bonchev–Trinajstić information content (AvgIpc) is 3.19. The maximum Gasteiger partial charge on any atom is 0.415 e. The minimum absolute atomic E-state index is 0.495. The van der Waals surface area contributed by atoms with Crippen molar-refractivity contribution in [2.24, 2.45) is 0 Å². The number of nitrogens with zero attached hydrogens (tertiary/aromatic N) is 4. The van der Waals surface area contributed by atoms with Crippen LogP contribution in [-0.2, 0) is 0 Å². The zero-order valence-corrected chi connectivity index (χ0v) is 19.2. The number of fused-ring (bicyclic) bond motifs is 3. The van der Waals surface area contributed by atoms with Crippen molar-refractivity contribution in [2.75, 3.05) is 19.0 Å². The molecule has 0 fully saturated rings. The molecule has 30 heavy (non-hydrogen) atoms. The molecule has 0 radical (unpaired) electrons. The van der Waals surface area contributed by atoms with Gasteiger partial charge in [0.2, 0.25) is 0 Å². The van der Waals surface area contributed by atoms with Crippen LogP contribution in [0.5, 0.6) is 11.5 Å². The van der Waals surface area contributed by atoms with E-state index in [1.807, 2.05) is 23.5 Å². The third kappa shape index (κ3) is 3.36. The molecule has 0 aliphatic rings. The highest BCUT2D eigenvalue weighted by molar-refractivity contribution is 9.10. The lowest BCUT2D eigenvalue weighted by molar-refractivity contribution is 0.355. The Morgan fingerprint density at radius 1 is 1.13 bits per heavy atom. The molecule has 10 heteroatoms. The summed E-state index contributed by atoms with van der Waals surface area (Å²) in [6, 6.07) is 7.39. The van der Waals surface area contributed by atoms with Crippen molar-refractivity contribution in [2.45, 2.75) is 13.7 Å². The Bertz CT molecular complexity index is 1240. The fourth-order valence-corrected chi connectivity index (χ4v) is 4.67. The molecule has 0 aliphatic heterocycles. The van der Waals surface area contributed by atoms with E-state index in [1.54, 1.807) is 50.5 Å². The van der Waals surface area contributed by atoms with Gasteiger partial charge in [0, 0.05) is 16.6 Å². The zero-order chi connectivity index (χ0) is 21.6. The second-order valence-electron chi connectivity index (χ2n) is 6.84. The second-order valence-corrected chi connectivity index (χ2v) is 8.16. The molecule has 0 unspecified atom stereocenters. The van der Waals surface area contributed by atoms with E-state index >= 15 is 0 Å². The summed E-state index contributed by atoms with van der Waals surface area (Å²) in [7, 11) is 2.27. The van der Waals surface area contributed by atoms with Gasteiger partial charge in [0.15, 0.2) is 11.5 Å². The van der Waals surface area contributed by atoms with Gasteiger partial charge >= 0.3 is 7.05 Å². The van der Waals surface area contributed by atoms with Gasteiger partial charge in [0.25, 0.3) is 0 Å². The highest BCUT2D eigenvalue weighted by atomic mass is 79.9. The Balaban J connectivity index is 2.06. The van der Waals surface area contributed by atoms with Gasteiger partial charge in [-0.2, -0.15) is 0 Å². The first kappa shape index (κ1) is 20.8. The van der Waals surface area contributed by atoms with Crippen LogP contribution in [0.25, 0.3) is 16.6 Å². The molecule has 0 saturated carbocycles. The Morgan fingerprint density at radius 2 is 1.83 bits per heavy atom. The fourth-order valence-electron chi connectivity index (χ4n) is 3.61. The number of methoxy groups -OCH3 is 2. The predicted octanol–water partition coefficient (Wildman–Crippen LogP) is 4.87. The van der Waals surface area contributed by atoms with Crippen LogP contribution < -0.4 is 14.3 Å². The molecule has 0 bridgehead atoms. The van der Waals surface area contributed by atoms with E-state index in [-0.39, 0.29) is 0 Å². The summed E-state index contributed by atoms with van der Waals surface area (Å²) in [5.41, 5.74) is 3.74. The van der Waals surface area contributed by atoms with E-state index in [4.69, 9.17) is 26.1 Å². The molecule has 0 amide bonds. The van der Waals surface area contributed by atoms with Crippen LogP contribution >= 0.6 is 27.5 Å². The van der Waals surface area contributed by atoms with Crippen molar-refractivity contribution in [1.82, 2.24) is 14.4 Å². The van der Waals surface area contributed by atoms with Gasteiger partial charge < -0.3 is 19.3 Å². The summed E-state index contributed by atoms with van der Waals surface area (Å²) in [5.74, 6) is 1.67. The van der Waals surface area contributed by atoms with Crippen LogP contribution in [0.3, 0.4) is 0 Å². The first-order valence-corrected chi connectivity index (χ1v) is 10.3. The standard InChI is InChI=1S/C20H19BBrClN4O3/c1-11-5-12(22)6-13(23)19(11)27(21(2)28)20-16-9-24-10-26(16)15-8-18(30-4)17(29-3)7-14(15)25-20/h5-10,28H,1-4H3. The second kappa shape index (κ2) is 7.98. The molecule has 0 saturated heterocycles. The van der Waals surface area contributed by atoms with Gasteiger partial charge in [-0.05, 0) is 31.4 Å². The van der Waals surface area contributed by atoms with E-state index in [2.05, 4.69) is 20.9 Å². The van der Waals surface area contributed by atoms with Crippen LogP contribution in [0.4, 0.5) is 11.5 Å². The van der Waals surface area contributed by atoms with Crippen molar-refractivity contribution < 1.29 is 14.5 Å². The van der Waals surface area contributed by atoms with Gasteiger partial charge in [-0.15, -0.1) is 0 Å². The van der Waals surface area contributed by atoms with Gasteiger partial charge in [-0.1, -0.05) is 27.5 Å². The van der Waals surface area contributed by atoms with Gasteiger partial charge in [0.05, 0.1) is 48.5 Å². The number of imidazole rings is 1. The molecule has 154 valence electrons. The van der Waals surface area contributed by atoms with Gasteiger partial charge in [0.1, 0.15) is 11.3 Å². The van der Waals surface area contributed by atoms with Gasteiger partial charge in [-0.3, -0.25) is 4.40 Å². The van der Waals surface area contributed by atoms with Crippen molar-refractivity contribution in [3.8, 4) is 11.5 Å². The number of rotatable bonds is 5. The Labute approximate surface area is 187 Å². The summed E-state index contributed by atoms with van der Waals surface area (Å²) in [6.07, 6.45) is 3.40. The molecule has 2 aromatic carbocycles. The Morgan fingerprint density at radius 3 is 2.47 bits per heavy atom. The highest BCUT2D eigenvalue weighted by Gasteiger charge is 2.27. The zero-order valence-electron chi connectivity index (χ0n) is 16.8. The molecule has 1 N–H and O–H groups in total. The third-order valence-electron chi connectivity index (χ3n) is 4.90. The van der Waals surface area contributed by atoms with Crippen LogP contribution in [0, 0.1) is 6.92 Å². The maximum atomic E-state index is 10.7. The molecule has 0 atom stereocenters. The van der Waals surface area contributed by atoms with Crippen molar-refractivity contribution in [1.29, 1.82) is 0 Å². The quantitative estimate of drug-likeness (QED) is 0.403. The van der Waals surface area contributed by atoms with E-state index < -0.39 is 7.05 Å². The molecule has 4 rings (SSSR count). The number of aryl methyl sites for hydroxylation is 1. The van der Waals surface area contributed by atoms with E-state index in [0.29, 0.717) is 39.1 Å². The van der Waals surface area contributed by atoms with E-state index in [1.165, 1.54) is 0 Å². The minimum Gasteiger partial charge on any atom is -0.493 e. The number of ether oxygens (including phenoxy) is 2. The van der Waals surface area contributed by atoms with E-state index in [9.17, 15) is 5.02 Å². The molecule has 4 aromatic rings. The molecular formula is C20H19BBrClN4O3. The summed E-state index contributed by atoms with van der Waals surface area (Å²) >= 11 is 10.0. The fraction of sp³-hybridized carbons (Fsp3) is 0.200. The molecule has 2 aromatic heterocycles. The molecule has 0 spiro atoms. The first-order valence-electron chi connectivity index (χ1n) is 9.16. The monoisotopic (exact) mass is 488 g/mol. The SMILES string of the molecule is COc1cc2nc(N(B(C)O)c3c(C)cc(Br)cc3Cl)c3cncn3c2cc1OC. The molecule has 2 heterocycles. The van der Waals surface area contributed by atoms with Crippen molar-refractivity contribution >= 4 is 62.6 Å². The largest absolute Gasteiger partial charge is 0.493 e. The van der Waals surface area contributed by atoms with Crippen molar-refractivity contribution in [3.05, 3.63) is 51.8 Å². The average molecular weight is 490 g/mol. The maximum absolute atomic E-state index is 10.7. The smallest absolute Gasteiger partial charge is 0.415 e. The van der Waals surface area contributed by atoms with Crippen LogP contribution in [-0.4, -0.2) is 40.7 Å². The summed E-state index contributed by atoms with van der Waals surface area (Å²) in [5, 5.41) is 11.2. The first-order chi connectivity index (χ1) is 14.3. The number of halogens is 2. The van der Waals surface area contributed by atoms with Crippen LogP contribution in [0.15, 0.2) is 41.3 Å². The Kier molecular flexibility index (Phi) is 5.52. The normalized spacial score (nSPS) is 11.2. The lowest BCUT2D eigenvalue weighted by Crippen LogP contribution is -2.34. The lowest BCUT2D eigenvalue weighted by atomic mass is 9.83. The molecule has 0 aliphatic carbocycles. The number of hydrogen-bond donors (Lipinski definition) is 1. The minimum atomic E-state index is -0.897. The van der Waals surface area contributed by atoms with E-state index in [0.717, 1.165) is 15.6 Å². The third-order valence-corrected chi connectivity index (χ3v) is 5.64. The number of anilines is 2. The molecular weight excluding hydrogens is 470 g/mol. The van der Waals surface area contributed by atoms with Crippen molar-refractivity contribution in [3.63, 3.8) is 0 Å².